The Kier molecular flexibility index (Phi) is 4.38. The van der Waals surface area contributed by atoms with Crippen molar-refractivity contribution < 1.29 is 9.90 Å². The molecule has 33 heavy (non-hydrogen) atoms. The number of aromatic nitrogens is 3. The van der Waals surface area contributed by atoms with E-state index in [1.165, 1.54) is 10.6 Å². The summed E-state index contributed by atoms with van der Waals surface area (Å²) in [6.07, 6.45) is 1.49. The Morgan fingerprint density at radius 1 is 1.03 bits per heavy atom. The first-order valence-corrected chi connectivity index (χ1v) is 10.8. The summed E-state index contributed by atoms with van der Waals surface area (Å²) in [5, 5.41) is 19.8. The van der Waals surface area contributed by atoms with Gasteiger partial charge in [0.2, 0.25) is 0 Å². The molecule has 2 heterocycles. The van der Waals surface area contributed by atoms with E-state index in [2.05, 4.69) is 15.4 Å². The Morgan fingerprint density at radius 3 is 2.70 bits per heavy atom. The van der Waals surface area contributed by atoms with E-state index in [4.69, 9.17) is 0 Å². The summed E-state index contributed by atoms with van der Waals surface area (Å²) in [6.45, 7) is 0. The molecule has 0 aliphatic heterocycles. The third kappa shape index (κ3) is 3.30. The smallest absolute Gasteiger partial charge is 0.274 e. The number of aromatic amines is 1. The van der Waals surface area contributed by atoms with Gasteiger partial charge in [0.05, 0.1) is 24.0 Å². The monoisotopic (exact) mass is 436 g/mol. The zero-order valence-electron chi connectivity index (χ0n) is 17.5. The maximum absolute atomic E-state index is 12.9. The number of benzene rings is 3. The van der Waals surface area contributed by atoms with Gasteiger partial charge in [0, 0.05) is 18.1 Å². The van der Waals surface area contributed by atoms with Gasteiger partial charge in [0.15, 0.2) is 5.69 Å². The van der Waals surface area contributed by atoms with Crippen molar-refractivity contribution >= 4 is 22.2 Å². The van der Waals surface area contributed by atoms with Crippen LogP contribution in [-0.4, -0.2) is 31.7 Å². The molecule has 1 amide bonds. The molecule has 7 heteroatoms. The highest BCUT2D eigenvalue weighted by Crippen LogP contribution is 2.31. The molecule has 5 aromatic rings. The summed E-state index contributed by atoms with van der Waals surface area (Å²) in [5.41, 5.74) is 3.43. The molecule has 0 saturated heterocycles. The quantitative estimate of drug-likeness (QED) is 0.404. The third-order valence-corrected chi connectivity index (χ3v) is 6.25. The van der Waals surface area contributed by atoms with Gasteiger partial charge in [-0.15, -0.1) is 0 Å². The van der Waals surface area contributed by atoms with Crippen LogP contribution in [0.25, 0.3) is 27.5 Å². The number of rotatable bonds is 3. The van der Waals surface area contributed by atoms with Crippen molar-refractivity contribution in [2.45, 2.75) is 18.6 Å². The van der Waals surface area contributed by atoms with Gasteiger partial charge in [-0.2, -0.15) is 5.10 Å². The Hall–Kier alpha value is -4.23. The summed E-state index contributed by atoms with van der Waals surface area (Å²) in [6, 6.07) is 22.5. The van der Waals surface area contributed by atoms with E-state index in [-0.39, 0.29) is 16.8 Å². The fourth-order valence-corrected chi connectivity index (χ4v) is 4.58. The number of hydrogen-bond acceptors (Lipinski definition) is 4. The zero-order valence-corrected chi connectivity index (χ0v) is 17.5. The minimum absolute atomic E-state index is 0.118. The van der Waals surface area contributed by atoms with E-state index in [0.29, 0.717) is 12.1 Å². The van der Waals surface area contributed by atoms with Gasteiger partial charge < -0.3 is 15.4 Å². The molecule has 7 nitrogen and oxygen atoms in total. The van der Waals surface area contributed by atoms with Crippen LogP contribution in [0.5, 0.6) is 0 Å². The fraction of sp³-hybridized carbons (Fsp3) is 0.115. The molecule has 0 spiro atoms. The summed E-state index contributed by atoms with van der Waals surface area (Å²) >= 11 is 0. The Balaban J connectivity index is 1.34. The first kappa shape index (κ1) is 19.5. The summed E-state index contributed by atoms with van der Waals surface area (Å²) < 4.78 is 1.43. The molecule has 1 aliphatic carbocycles. The summed E-state index contributed by atoms with van der Waals surface area (Å²) in [5.74, 6) is -0.439. The average Bonchev–Trinajstić information content (AvgIpc) is 3.40. The number of nitrogens with zero attached hydrogens (tertiary/aromatic N) is 2. The lowest BCUT2D eigenvalue weighted by molar-refractivity contribution is 0.0853. The topological polar surface area (TPSA) is 99.5 Å². The first-order valence-electron chi connectivity index (χ1n) is 10.8. The van der Waals surface area contributed by atoms with Crippen molar-refractivity contribution in [3.05, 3.63) is 106 Å². The molecule has 3 N–H and O–H groups in total. The summed E-state index contributed by atoms with van der Waals surface area (Å²) in [4.78, 5) is 28.6. The molecule has 0 saturated carbocycles. The Bertz CT molecular complexity index is 1600. The highest BCUT2D eigenvalue weighted by molar-refractivity contribution is 5.94. The Labute approximate surface area is 188 Å². The Morgan fingerprint density at radius 2 is 1.82 bits per heavy atom. The predicted octanol–water partition coefficient (Wildman–Crippen LogP) is 3.23. The molecular formula is C26H20N4O3. The molecule has 0 bridgehead atoms. The minimum atomic E-state index is -0.703. The number of hydrogen-bond donors (Lipinski definition) is 3. The normalized spacial score (nSPS) is 17.4. The highest BCUT2D eigenvalue weighted by Gasteiger charge is 2.32. The number of amides is 1. The fourth-order valence-electron chi connectivity index (χ4n) is 4.58. The number of aliphatic hydroxyl groups is 1. The zero-order chi connectivity index (χ0) is 22.5. The number of carbonyl (C=O) groups excluding carboxylic acids is 1. The average molecular weight is 436 g/mol. The van der Waals surface area contributed by atoms with Crippen molar-refractivity contribution in [2.75, 3.05) is 0 Å². The lowest BCUT2D eigenvalue weighted by Crippen LogP contribution is -2.34. The second-order valence-corrected chi connectivity index (χ2v) is 8.34. The first-order chi connectivity index (χ1) is 16.1. The van der Waals surface area contributed by atoms with Crippen LogP contribution in [0.3, 0.4) is 0 Å². The van der Waals surface area contributed by atoms with Crippen LogP contribution < -0.4 is 10.9 Å². The van der Waals surface area contributed by atoms with Crippen LogP contribution in [0.15, 0.2) is 83.8 Å². The second-order valence-electron chi connectivity index (χ2n) is 8.34. The number of nitrogens with one attached hydrogen (secondary N) is 2. The van der Waals surface area contributed by atoms with Crippen molar-refractivity contribution in [2.24, 2.45) is 0 Å². The molecule has 0 fully saturated rings. The van der Waals surface area contributed by atoms with Crippen molar-refractivity contribution in [1.29, 1.82) is 0 Å². The van der Waals surface area contributed by atoms with Gasteiger partial charge in [0.1, 0.15) is 5.52 Å². The van der Waals surface area contributed by atoms with E-state index in [0.717, 1.165) is 27.5 Å². The van der Waals surface area contributed by atoms with Gasteiger partial charge in [-0.05, 0) is 28.0 Å². The van der Waals surface area contributed by atoms with Crippen LogP contribution in [-0.2, 0) is 6.42 Å². The maximum Gasteiger partial charge on any atom is 0.274 e. The molecule has 1 aliphatic rings. The summed E-state index contributed by atoms with van der Waals surface area (Å²) in [7, 11) is 0. The maximum atomic E-state index is 12.9. The molecular weight excluding hydrogens is 416 g/mol. The van der Waals surface area contributed by atoms with E-state index in [1.54, 1.807) is 6.20 Å². The van der Waals surface area contributed by atoms with Crippen LogP contribution in [0.1, 0.15) is 27.7 Å². The van der Waals surface area contributed by atoms with Crippen LogP contribution in [0, 0.1) is 0 Å². The van der Waals surface area contributed by atoms with E-state index in [1.807, 2.05) is 66.7 Å². The molecule has 0 unspecified atom stereocenters. The van der Waals surface area contributed by atoms with Gasteiger partial charge in [0.25, 0.3) is 11.5 Å². The van der Waals surface area contributed by atoms with Gasteiger partial charge in [-0.3, -0.25) is 9.59 Å². The van der Waals surface area contributed by atoms with Gasteiger partial charge in [-0.1, -0.05) is 60.7 Å². The van der Waals surface area contributed by atoms with E-state index < -0.39 is 18.1 Å². The lowest BCUT2D eigenvalue weighted by Gasteiger charge is -2.17. The molecule has 2 aromatic heterocycles. The lowest BCUT2D eigenvalue weighted by atomic mass is 10.1. The van der Waals surface area contributed by atoms with Gasteiger partial charge >= 0.3 is 0 Å². The van der Waals surface area contributed by atoms with Crippen molar-refractivity contribution in [3.63, 3.8) is 0 Å². The predicted molar refractivity (Wildman–Crippen MR) is 125 cm³/mol. The minimum Gasteiger partial charge on any atom is -0.390 e. The molecule has 162 valence electrons. The van der Waals surface area contributed by atoms with Gasteiger partial charge in [-0.25, -0.2) is 4.52 Å². The van der Waals surface area contributed by atoms with Crippen molar-refractivity contribution in [3.8, 4) is 11.3 Å². The third-order valence-electron chi connectivity index (χ3n) is 6.25. The number of carbonyl (C=O) groups is 1. The second kappa shape index (κ2) is 7.43. The molecule has 2 atom stereocenters. The van der Waals surface area contributed by atoms with Crippen LogP contribution in [0.2, 0.25) is 0 Å². The van der Waals surface area contributed by atoms with E-state index >= 15 is 0 Å². The van der Waals surface area contributed by atoms with Crippen LogP contribution in [0.4, 0.5) is 0 Å². The molecule has 3 aromatic carbocycles. The molecule has 0 radical (unpaired) electrons. The largest absolute Gasteiger partial charge is 0.390 e. The molecule has 6 rings (SSSR count). The number of H-pyrrole nitrogens is 1. The van der Waals surface area contributed by atoms with Crippen molar-refractivity contribution in [1.82, 2.24) is 19.9 Å². The highest BCUT2D eigenvalue weighted by atomic mass is 16.3. The standard InChI is InChI=1S/C26H20N4O3/c31-23-12-17-7-3-4-8-19(17)24(23)28-25(32)20-13-22-26(33)27-21(14-30(22)29-20)18-10-9-15-5-1-2-6-16(15)11-18/h1-11,13-14,23-24,31H,12H2,(H,27,33)(H,28,32)/t23-,24+/m0/s1. The number of fused-ring (bicyclic) bond motifs is 3. The number of aliphatic hydroxyl groups excluding tert-OH is 1. The SMILES string of the molecule is O=C(N[C@@H]1c2ccccc2C[C@@H]1O)c1cc2c(=O)[nH]c(-c3ccc4ccccc4c3)cn2n1. The van der Waals surface area contributed by atoms with E-state index in [9.17, 15) is 14.7 Å². The van der Waals surface area contributed by atoms with Crippen LogP contribution >= 0.6 is 0 Å².